The molecular weight excluding hydrogens is 333 g/mol. The van der Waals surface area contributed by atoms with Crippen LogP contribution in [0.2, 0.25) is 5.02 Å². The first-order valence-corrected chi connectivity index (χ1v) is 7.07. The molecule has 0 unspecified atom stereocenters. The second-order valence-electron chi connectivity index (χ2n) is 4.64. The molecule has 23 heavy (non-hydrogen) atoms. The van der Waals surface area contributed by atoms with Gasteiger partial charge >= 0.3 is 6.36 Å². The molecule has 4 nitrogen and oxygen atoms in total. The van der Waals surface area contributed by atoms with Gasteiger partial charge in [-0.2, -0.15) is 0 Å². The van der Waals surface area contributed by atoms with Crippen molar-refractivity contribution in [2.24, 2.45) is 5.73 Å². The highest BCUT2D eigenvalue weighted by Crippen LogP contribution is 2.27. The minimum absolute atomic E-state index is 0.0555. The maximum Gasteiger partial charge on any atom is 0.573 e. The van der Waals surface area contributed by atoms with Crippen molar-refractivity contribution in [3.63, 3.8) is 0 Å². The van der Waals surface area contributed by atoms with Gasteiger partial charge in [-0.05, 0) is 30.3 Å². The van der Waals surface area contributed by atoms with Gasteiger partial charge in [-0.15, -0.1) is 13.2 Å². The molecule has 1 atom stereocenters. The molecule has 0 saturated heterocycles. The lowest BCUT2D eigenvalue weighted by Gasteiger charge is -2.20. The number of hydrogen-bond acceptors (Lipinski definition) is 4. The van der Waals surface area contributed by atoms with E-state index in [1.807, 2.05) is 12.1 Å². The standard InChI is InChI=1S/C8H10N2O.C7H4ClF3O/c9-6-3-5-11-7-2-1-4-10-8(6)7;8-5-2-1-3-6(4-5)12-7(9,10)11/h1-2,4,6H,3,5,9H2;1-4H/t6-;/m1./s1. The molecular formula is C15H14ClF3N2O2. The van der Waals surface area contributed by atoms with Crippen molar-refractivity contribution in [1.29, 1.82) is 0 Å². The van der Waals surface area contributed by atoms with E-state index in [2.05, 4.69) is 9.72 Å². The van der Waals surface area contributed by atoms with Crippen LogP contribution in [0.3, 0.4) is 0 Å². The molecule has 1 aliphatic rings. The van der Waals surface area contributed by atoms with E-state index < -0.39 is 6.36 Å². The van der Waals surface area contributed by atoms with E-state index in [1.165, 1.54) is 18.2 Å². The van der Waals surface area contributed by atoms with Crippen molar-refractivity contribution >= 4 is 11.6 Å². The number of nitrogens with two attached hydrogens (primary N) is 1. The van der Waals surface area contributed by atoms with Crippen LogP contribution in [0.4, 0.5) is 13.2 Å². The molecule has 0 spiro atoms. The Labute approximate surface area is 136 Å². The highest BCUT2D eigenvalue weighted by Gasteiger charge is 2.31. The van der Waals surface area contributed by atoms with Crippen LogP contribution in [0.5, 0.6) is 11.5 Å². The molecule has 0 aliphatic carbocycles. The average molecular weight is 347 g/mol. The smallest absolute Gasteiger partial charge is 0.492 e. The first-order chi connectivity index (χ1) is 10.8. The van der Waals surface area contributed by atoms with Crippen molar-refractivity contribution in [3.05, 3.63) is 53.3 Å². The molecule has 2 aromatic rings. The van der Waals surface area contributed by atoms with Crippen LogP contribution in [0.15, 0.2) is 42.6 Å². The number of fused-ring (bicyclic) bond motifs is 1. The fraction of sp³-hybridized carbons (Fsp3) is 0.267. The highest BCUT2D eigenvalue weighted by atomic mass is 35.5. The molecule has 8 heteroatoms. The molecule has 0 bridgehead atoms. The van der Waals surface area contributed by atoms with Crippen LogP contribution in [0.1, 0.15) is 18.2 Å². The Balaban J connectivity index is 0.000000167. The van der Waals surface area contributed by atoms with Crippen molar-refractivity contribution < 1.29 is 22.6 Å². The quantitative estimate of drug-likeness (QED) is 0.844. The third kappa shape index (κ3) is 5.61. The first kappa shape index (κ1) is 17.4. The van der Waals surface area contributed by atoms with Crippen LogP contribution in [-0.4, -0.2) is 18.0 Å². The van der Waals surface area contributed by atoms with Gasteiger partial charge in [-0.3, -0.25) is 4.98 Å². The Kier molecular flexibility index (Phi) is 5.68. The van der Waals surface area contributed by atoms with E-state index in [0.29, 0.717) is 6.61 Å². The third-order valence-electron chi connectivity index (χ3n) is 2.87. The summed E-state index contributed by atoms with van der Waals surface area (Å²) in [5.41, 5.74) is 6.69. The number of aromatic nitrogens is 1. The van der Waals surface area contributed by atoms with Crippen molar-refractivity contribution in [2.45, 2.75) is 18.8 Å². The van der Waals surface area contributed by atoms with Crippen LogP contribution in [0.25, 0.3) is 0 Å². The molecule has 124 valence electrons. The van der Waals surface area contributed by atoms with E-state index in [9.17, 15) is 13.2 Å². The zero-order valence-electron chi connectivity index (χ0n) is 11.9. The van der Waals surface area contributed by atoms with E-state index in [-0.39, 0.29) is 16.8 Å². The Hall–Kier alpha value is -1.99. The lowest BCUT2D eigenvalue weighted by molar-refractivity contribution is -0.274. The zero-order chi connectivity index (χ0) is 16.9. The SMILES string of the molecule is FC(F)(F)Oc1cccc(Cl)c1.N[C@@H]1CCOc2cccnc21. The van der Waals surface area contributed by atoms with Crippen LogP contribution in [-0.2, 0) is 0 Å². The summed E-state index contributed by atoms with van der Waals surface area (Å²) in [5.74, 6) is 0.529. The Morgan fingerprint density at radius 3 is 2.70 bits per heavy atom. The van der Waals surface area contributed by atoms with Crippen molar-refractivity contribution in [2.75, 3.05) is 6.61 Å². The number of rotatable bonds is 1. The number of ether oxygens (including phenoxy) is 2. The summed E-state index contributed by atoms with van der Waals surface area (Å²) >= 11 is 5.43. The van der Waals surface area contributed by atoms with Crippen LogP contribution < -0.4 is 15.2 Å². The van der Waals surface area contributed by atoms with Crippen molar-refractivity contribution in [3.8, 4) is 11.5 Å². The average Bonchev–Trinajstić information content (AvgIpc) is 2.47. The maximum atomic E-state index is 11.6. The lowest BCUT2D eigenvalue weighted by Crippen LogP contribution is -2.21. The molecule has 2 heterocycles. The van der Waals surface area contributed by atoms with Gasteiger partial charge in [0, 0.05) is 17.6 Å². The van der Waals surface area contributed by atoms with Crippen LogP contribution >= 0.6 is 11.6 Å². The van der Waals surface area contributed by atoms with Gasteiger partial charge in [0.05, 0.1) is 18.3 Å². The summed E-state index contributed by atoms with van der Waals surface area (Å²) < 4.78 is 43.8. The van der Waals surface area contributed by atoms with Gasteiger partial charge < -0.3 is 15.2 Å². The number of alkyl halides is 3. The summed E-state index contributed by atoms with van der Waals surface area (Å²) in [6.45, 7) is 0.708. The normalized spacial score (nSPS) is 16.5. The van der Waals surface area contributed by atoms with Gasteiger partial charge in [-0.1, -0.05) is 17.7 Å². The second kappa shape index (κ2) is 7.52. The Bertz CT molecular complexity index is 653. The van der Waals surface area contributed by atoms with E-state index in [4.69, 9.17) is 22.1 Å². The van der Waals surface area contributed by atoms with E-state index in [0.717, 1.165) is 23.9 Å². The van der Waals surface area contributed by atoms with Crippen molar-refractivity contribution in [1.82, 2.24) is 4.98 Å². The van der Waals surface area contributed by atoms with Gasteiger partial charge in [0.25, 0.3) is 0 Å². The summed E-state index contributed by atoms with van der Waals surface area (Å²) in [7, 11) is 0. The minimum Gasteiger partial charge on any atom is -0.492 e. The van der Waals surface area contributed by atoms with Gasteiger partial charge in [0.15, 0.2) is 0 Å². The minimum atomic E-state index is -4.66. The molecule has 0 radical (unpaired) electrons. The lowest BCUT2D eigenvalue weighted by atomic mass is 10.1. The molecule has 3 rings (SSSR count). The highest BCUT2D eigenvalue weighted by molar-refractivity contribution is 6.30. The van der Waals surface area contributed by atoms with Crippen LogP contribution in [0, 0.1) is 0 Å². The maximum absolute atomic E-state index is 11.6. The number of nitrogens with zero attached hydrogens (tertiary/aromatic N) is 1. The summed E-state index contributed by atoms with van der Waals surface area (Å²) in [6.07, 6.45) is -2.05. The summed E-state index contributed by atoms with van der Waals surface area (Å²) in [4.78, 5) is 4.15. The monoisotopic (exact) mass is 346 g/mol. The predicted octanol–water partition coefficient (Wildman–Crippen LogP) is 4.10. The number of hydrogen-bond donors (Lipinski definition) is 1. The Morgan fingerprint density at radius 2 is 2.04 bits per heavy atom. The van der Waals surface area contributed by atoms with Gasteiger partial charge in [-0.25, -0.2) is 0 Å². The van der Waals surface area contributed by atoms with Gasteiger partial charge in [0.1, 0.15) is 11.5 Å². The Morgan fingerprint density at radius 1 is 1.26 bits per heavy atom. The molecule has 1 aromatic heterocycles. The molecule has 1 aliphatic heterocycles. The summed E-state index contributed by atoms with van der Waals surface area (Å²) in [6, 6.07) is 8.93. The third-order valence-corrected chi connectivity index (χ3v) is 3.10. The number of benzene rings is 1. The predicted molar refractivity (Wildman–Crippen MR) is 79.4 cm³/mol. The second-order valence-corrected chi connectivity index (χ2v) is 5.07. The molecule has 0 amide bonds. The fourth-order valence-corrected chi connectivity index (χ4v) is 2.08. The summed E-state index contributed by atoms with van der Waals surface area (Å²) in [5, 5.41) is 0.205. The first-order valence-electron chi connectivity index (χ1n) is 6.70. The largest absolute Gasteiger partial charge is 0.573 e. The van der Waals surface area contributed by atoms with E-state index >= 15 is 0 Å². The van der Waals surface area contributed by atoms with Gasteiger partial charge in [0.2, 0.25) is 0 Å². The number of pyridine rings is 1. The number of halogens is 4. The zero-order valence-corrected chi connectivity index (χ0v) is 12.6. The topological polar surface area (TPSA) is 57.4 Å². The molecule has 2 N–H and O–H groups in total. The molecule has 0 saturated carbocycles. The molecule has 1 aromatic carbocycles. The van der Waals surface area contributed by atoms with E-state index in [1.54, 1.807) is 6.20 Å². The molecule has 0 fully saturated rings. The fourth-order valence-electron chi connectivity index (χ4n) is 1.90.